The fourth-order valence-electron chi connectivity index (χ4n) is 2.85. The van der Waals surface area contributed by atoms with Crippen molar-refractivity contribution in [2.24, 2.45) is 0 Å². The minimum Gasteiger partial charge on any atom is -0.490 e. The minimum absolute atomic E-state index is 0.0857. The van der Waals surface area contributed by atoms with Crippen LogP contribution in [0.4, 0.5) is 4.39 Å². The van der Waals surface area contributed by atoms with Crippen molar-refractivity contribution in [1.82, 2.24) is 0 Å². The number of esters is 2. The van der Waals surface area contributed by atoms with Gasteiger partial charge < -0.3 is 18.9 Å². The molecule has 0 aliphatic heterocycles. The first-order valence-corrected chi connectivity index (χ1v) is 10.5. The van der Waals surface area contributed by atoms with E-state index in [-0.39, 0.29) is 37.8 Å². The average molecular weight is 457 g/mol. The third kappa shape index (κ3) is 8.54. The molecular formula is C26H29FO6. The molecule has 0 spiro atoms. The van der Waals surface area contributed by atoms with Gasteiger partial charge in [0.2, 0.25) is 0 Å². The van der Waals surface area contributed by atoms with Crippen LogP contribution in [0.1, 0.15) is 18.9 Å². The molecule has 0 amide bonds. The summed E-state index contributed by atoms with van der Waals surface area (Å²) in [4.78, 5) is 23.0. The number of carbonyl (C=O) groups is 2. The predicted octanol–water partition coefficient (Wildman–Crippen LogP) is 4.67. The zero-order valence-electron chi connectivity index (χ0n) is 19.0. The summed E-state index contributed by atoms with van der Waals surface area (Å²) in [5.41, 5.74) is 2.72. The molecular weight excluding hydrogens is 427 g/mol. The standard InChI is InChI=1S/C26H29FO6/c1-18(2)25(28)32-13-5-6-21-7-8-22(16-24(21)27)20-9-11-23(12-10-20)31-14-15-33-26(29)19(3)17-30-4/h7-12,16H,1,3,5-6,13-15,17H2,2,4H3. The summed E-state index contributed by atoms with van der Waals surface area (Å²) < 4.78 is 35.0. The lowest BCUT2D eigenvalue weighted by Gasteiger charge is -2.10. The molecule has 2 aromatic carbocycles. The molecule has 0 N–H and O–H groups in total. The molecule has 0 aliphatic rings. The molecule has 0 bridgehead atoms. The Morgan fingerprint density at radius 1 is 0.909 bits per heavy atom. The number of carbonyl (C=O) groups excluding carboxylic acids is 2. The zero-order valence-corrected chi connectivity index (χ0v) is 19.0. The Bertz CT molecular complexity index is 981. The Morgan fingerprint density at radius 2 is 1.58 bits per heavy atom. The minimum atomic E-state index is -0.519. The van der Waals surface area contributed by atoms with Gasteiger partial charge in [-0.3, -0.25) is 0 Å². The summed E-state index contributed by atoms with van der Waals surface area (Å²) in [7, 11) is 1.47. The SMILES string of the molecule is C=C(C)C(=O)OCCCc1ccc(-c2ccc(OCCOC(=O)C(=C)COC)cc2)cc1F. The van der Waals surface area contributed by atoms with Crippen LogP contribution in [0.3, 0.4) is 0 Å². The van der Waals surface area contributed by atoms with Gasteiger partial charge in [-0.1, -0.05) is 37.4 Å². The topological polar surface area (TPSA) is 71.1 Å². The first kappa shape index (κ1) is 25.8. The number of aryl methyl sites for hydroxylation is 1. The highest BCUT2D eigenvalue weighted by molar-refractivity contribution is 5.88. The molecule has 0 unspecified atom stereocenters. The Morgan fingerprint density at radius 3 is 2.21 bits per heavy atom. The average Bonchev–Trinajstić information content (AvgIpc) is 2.80. The van der Waals surface area contributed by atoms with Gasteiger partial charge in [0.1, 0.15) is 24.8 Å². The third-order valence-electron chi connectivity index (χ3n) is 4.61. The lowest BCUT2D eigenvalue weighted by atomic mass is 10.0. The maximum absolute atomic E-state index is 14.5. The smallest absolute Gasteiger partial charge is 0.335 e. The molecule has 2 rings (SSSR count). The van der Waals surface area contributed by atoms with E-state index in [2.05, 4.69) is 13.2 Å². The fourth-order valence-corrected chi connectivity index (χ4v) is 2.85. The van der Waals surface area contributed by atoms with Crippen molar-refractivity contribution in [3.63, 3.8) is 0 Å². The summed E-state index contributed by atoms with van der Waals surface area (Å²) in [6, 6.07) is 12.3. The number of methoxy groups -OCH3 is 1. The van der Waals surface area contributed by atoms with Gasteiger partial charge in [-0.2, -0.15) is 0 Å². The van der Waals surface area contributed by atoms with Crippen LogP contribution in [0.15, 0.2) is 66.8 Å². The highest BCUT2D eigenvalue weighted by Gasteiger charge is 2.09. The molecule has 176 valence electrons. The summed E-state index contributed by atoms with van der Waals surface area (Å²) in [6.45, 7) is 9.29. The molecule has 0 aliphatic carbocycles. The van der Waals surface area contributed by atoms with E-state index in [9.17, 15) is 14.0 Å². The van der Waals surface area contributed by atoms with E-state index in [4.69, 9.17) is 18.9 Å². The molecule has 0 fully saturated rings. The molecule has 7 heteroatoms. The summed E-state index contributed by atoms with van der Waals surface area (Å²) in [5.74, 6) is -0.663. The largest absolute Gasteiger partial charge is 0.490 e. The Labute approximate surface area is 193 Å². The fraction of sp³-hybridized carbons (Fsp3) is 0.308. The van der Waals surface area contributed by atoms with Crippen LogP contribution in [0.5, 0.6) is 5.75 Å². The lowest BCUT2D eigenvalue weighted by Crippen LogP contribution is -2.15. The predicted molar refractivity (Wildman–Crippen MR) is 123 cm³/mol. The molecule has 0 saturated carbocycles. The highest BCUT2D eigenvalue weighted by Crippen LogP contribution is 2.25. The van der Waals surface area contributed by atoms with Crippen LogP contribution >= 0.6 is 0 Å². The molecule has 0 aromatic heterocycles. The van der Waals surface area contributed by atoms with Crippen molar-refractivity contribution in [2.75, 3.05) is 33.5 Å². The third-order valence-corrected chi connectivity index (χ3v) is 4.61. The number of halogens is 1. The molecule has 2 aromatic rings. The molecule has 0 heterocycles. The summed E-state index contributed by atoms with van der Waals surface area (Å²) in [5, 5.41) is 0. The summed E-state index contributed by atoms with van der Waals surface area (Å²) >= 11 is 0. The second-order valence-corrected chi connectivity index (χ2v) is 7.37. The van der Waals surface area contributed by atoms with Crippen molar-refractivity contribution < 1.29 is 32.9 Å². The molecule has 33 heavy (non-hydrogen) atoms. The molecule has 0 saturated heterocycles. The van der Waals surface area contributed by atoms with Gasteiger partial charge in [0, 0.05) is 12.7 Å². The van der Waals surface area contributed by atoms with Crippen molar-refractivity contribution in [3.8, 4) is 16.9 Å². The molecule has 0 radical (unpaired) electrons. The van der Waals surface area contributed by atoms with Gasteiger partial charge in [-0.15, -0.1) is 0 Å². The van der Waals surface area contributed by atoms with E-state index in [0.29, 0.717) is 29.7 Å². The molecule has 0 atom stereocenters. The van der Waals surface area contributed by atoms with Crippen LogP contribution in [0.2, 0.25) is 0 Å². The van der Waals surface area contributed by atoms with E-state index < -0.39 is 11.9 Å². The Hall–Kier alpha value is -3.45. The lowest BCUT2D eigenvalue weighted by molar-refractivity contribution is -0.140. The normalized spacial score (nSPS) is 10.4. The maximum Gasteiger partial charge on any atom is 0.335 e. The van der Waals surface area contributed by atoms with Crippen molar-refractivity contribution in [3.05, 3.63) is 78.1 Å². The van der Waals surface area contributed by atoms with Gasteiger partial charge >= 0.3 is 11.9 Å². The second kappa shape index (κ2) is 13.2. The molecule has 6 nitrogen and oxygen atoms in total. The van der Waals surface area contributed by atoms with Crippen LogP contribution in [-0.2, 0) is 30.2 Å². The number of rotatable bonds is 13. The Balaban J connectivity index is 1.82. The van der Waals surface area contributed by atoms with E-state index in [1.54, 1.807) is 25.1 Å². The Kier molecular flexibility index (Phi) is 10.3. The number of hydrogen-bond acceptors (Lipinski definition) is 6. The van der Waals surface area contributed by atoms with Crippen LogP contribution < -0.4 is 4.74 Å². The first-order valence-electron chi connectivity index (χ1n) is 10.5. The second-order valence-electron chi connectivity index (χ2n) is 7.37. The van der Waals surface area contributed by atoms with Crippen LogP contribution in [-0.4, -0.2) is 45.5 Å². The van der Waals surface area contributed by atoms with Crippen molar-refractivity contribution in [2.45, 2.75) is 19.8 Å². The summed E-state index contributed by atoms with van der Waals surface area (Å²) in [6.07, 6.45) is 0.989. The highest BCUT2D eigenvalue weighted by atomic mass is 19.1. The van der Waals surface area contributed by atoms with Gasteiger partial charge in [-0.05, 0) is 54.7 Å². The van der Waals surface area contributed by atoms with E-state index in [1.807, 2.05) is 18.2 Å². The monoisotopic (exact) mass is 456 g/mol. The van der Waals surface area contributed by atoms with Crippen LogP contribution in [0.25, 0.3) is 11.1 Å². The first-order chi connectivity index (χ1) is 15.8. The van der Waals surface area contributed by atoms with Gasteiger partial charge in [0.15, 0.2) is 0 Å². The van der Waals surface area contributed by atoms with Gasteiger partial charge in [0.25, 0.3) is 0 Å². The number of hydrogen-bond donors (Lipinski definition) is 0. The number of ether oxygens (including phenoxy) is 4. The zero-order chi connectivity index (χ0) is 24.2. The van der Waals surface area contributed by atoms with E-state index in [0.717, 1.165) is 11.1 Å². The van der Waals surface area contributed by atoms with E-state index >= 15 is 0 Å². The van der Waals surface area contributed by atoms with E-state index in [1.165, 1.54) is 13.2 Å². The number of benzene rings is 2. The van der Waals surface area contributed by atoms with Gasteiger partial charge in [-0.25, -0.2) is 14.0 Å². The maximum atomic E-state index is 14.5. The van der Waals surface area contributed by atoms with Gasteiger partial charge in [0.05, 0.1) is 18.8 Å². The van der Waals surface area contributed by atoms with Crippen LogP contribution in [0, 0.1) is 5.82 Å². The van der Waals surface area contributed by atoms with Crippen molar-refractivity contribution >= 4 is 11.9 Å². The quantitative estimate of drug-likeness (QED) is 0.248. The van der Waals surface area contributed by atoms with Crippen molar-refractivity contribution in [1.29, 1.82) is 0 Å².